The maximum absolute atomic E-state index is 9.10. The van der Waals surface area contributed by atoms with E-state index in [0.717, 1.165) is 24.2 Å². The minimum atomic E-state index is 0.632. The SMILES string of the molecule is Cc1cc(C2CCNCC2)cc(C#N)c1C. The Labute approximate surface area is 97.3 Å². The van der Waals surface area contributed by atoms with Crippen molar-refractivity contribution >= 4 is 0 Å². The van der Waals surface area contributed by atoms with Crippen LogP contribution in [0.4, 0.5) is 0 Å². The topological polar surface area (TPSA) is 35.8 Å². The van der Waals surface area contributed by atoms with Gasteiger partial charge in [0.1, 0.15) is 0 Å². The van der Waals surface area contributed by atoms with Crippen molar-refractivity contribution in [1.29, 1.82) is 5.26 Å². The minimum absolute atomic E-state index is 0.632. The third-order valence-corrected chi connectivity index (χ3v) is 3.62. The summed E-state index contributed by atoms with van der Waals surface area (Å²) < 4.78 is 0. The van der Waals surface area contributed by atoms with Crippen molar-refractivity contribution in [2.24, 2.45) is 0 Å². The van der Waals surface area contributed by atoms with Crippen molar-refractivity contribution in [3.63, 3.8) is 0 Å². The zero-order chi connectivity index (χ0) is 11.5. The van der Waals surface area contributed by atoms with Crippen LogP contribution in [0.2, 0.25) is 0 Å². The van der Waals surface area contributed by atoms with E-state index >= 15 is 0 Å². The Morgan fingerprint density at radius 3 is 2.56 bits per heavy atom. The monoisotopic (exact) mass is 214 g/mol. The third-order valence-electron chi connectivity index (χ3n) is 3.62. The van der Waals surface area contributed by atoms with Gasteiger partial charge in [0.2, 0.25) is 0 Å². The van der Waals surface area contributed by atoms with Gasteiger partial charge in [-0.3, -0.25) is 0 Å². The van der Waals surface area contributed by atoms with Crippen molar-refractivity contribution in [1.82, 2.24) is 5.32 Å². The molecular formula is C14H18N2. The Bertz CT molecular complexity index is 423. The number of rotatable bonds is 1. The number of nitrogens with one attached hydrogen (secondary N) is 1. The first-order chi connectivity index (χ1) is 7.72. The lowest BCUT2D eigenvalue weighted by Crippen LogP contribution is -2.26. The van der Waals surface area contributed by atoms with Crippen LogP contribution < -0.4 is 5.32 Å². The molecule has 0 aliphatic carbocycles. The first-order valence-corrected chi connectivity index (χ1v) is 5.94. The summed E-state index contributed by atoms with van der Waals surface area (Å²) in [7, 11) is 0. The smallest absolute Gasteiger partial charge is 0.0994 e. The highest BCUT2D eigenvalue weighted by Gasteiger charge is 2.16. The third kappa shape index (κ3) is 2.10. The summed E-state index contributed by atoms with van der Waals surface area (Å²) in [4.78, 5) is 0. The van der Waals surface area contributed by atoms with Gasteiger partial charge in [-0.25, -0.2) is 0 Å². The first kappa shape index (κ1) is 11.2. The van der Waals surface area contributed by atoms with Crippen LogP contribution in [0.5, 0.6) is 0 Å². The van der Waals surface area contributed by atoms with E-state index in [4.69, 9.17) is 5.26 Å². The van der Waals surface area contributed by atoms with Gasteiger partial charge in [-0.1, -0.05) is 6.07 Å². The van der Waals surface area contributed by atoms with Gasteiger partial charge in [0.15, 0.2) is 0 Å². The van der Waals surface area contributed by atoms with Crippen LogP contribution in [0.1, 0.15) is 41.0 Å². The van der Waals surface area contributed by atoms with Gasteiger partial charge in [-0.05, 0) is 68.5 Å². The lowest BCUT2D eigenvalue weighted by molar-refractivity contribution is 0.460. The van der Waals surface area contributed by atoms with Gasteiger partial charge in [-0.15, -0.1) is 0 Å². The van der Waals surface area contributed by atoms with Crippen molar-refractivity contribution in [3.05, 3.63) is 34.4 Å². The number of hydrogen-bond acceptors (Lipinski definition) is 2. The fourth-order valence-corrected chi connectivity index (χ4v) is 2.39. The van der Waals surface area contributed by atoms with Gasteiger partial charge in [0, 0.05) is 0 Å². The summed E-state index contributed by atoms with van der Waals surface area (Å²) in [6.07, 6.45) is 2.38. The quantitative estimate of drug-likeness (QED) is 0.780. The molecule has 0 amide bonds. The summed E-state index contributed by atoms with van der Waals surface area (Å²) in [6.45, 7) is 6.32. The molecule has 1 aliphatic heterocycles. The summed E-state index contributed by atoms with van der Waals surface area (Å²) in [5, 5.41) is 12.5. The summed E-state index contributed by atoms with van der Waals surface area (Å²) >= 11 is 0. The highest BCUT2D eigenvalue weighted by molar-refractivity contribution is 5.45. The molecule has 0 saturated carbocycles. The van der Waals surface area contributed by atoms with Crippen LogP contribution in [-0.2, 0) is 0 Å². The summed E-state index contributed by atoms with van der Waals surface area (Å²) in [5.74, 6) is 0.632. The number of aryl methyl sites for hydroxylation is 1. The highest BCUT2D eigenvalue weighted by atomic mass is 14.9. The van der Waals surface area contributed by atoms with Crippen molar-refractivity contribution in [2.45, 2.75) is 32.6 Å². The minimum Gasteiger partial charge on any atom is -0.317 e. The van der Waals surface area contributed by atoms with Crippen LogP contribution >= 0.6 is 0 Å². The van der Waals surface area contributed by atoms with Crippen LogP contribution in [0, 0.1) is 25.2 Å². The number of nitriles is 1. The van der Waals surface area contributed by atoms with Gasteiger partial charge in [0.25, 0.3) is 0 Å². The molecule has 1 heterocycles. The van der Waals surface area contributed by atoms with Crippen molar-refractivity contribution in [2.75, 3.05) is 13.1 Å². The van der Waals surface area contributed by atoms with Crippen LogP contribution in [0.25, 0.3) is 0 Å². The molecule has 84 valence electrons. The normalized spacial score (nSPS) is 17.1. The lowest BCUT2D eigenvalue weighted by atomic mass is 9.87. The molecule has 2 rings (SSSR count). The Morgan fingerprint density at radius 2 is 1.94 bits per heavy atom. The second-order valence-electron chi connectivity index (χ2n) is 4.65. The molecule has 0 aromatic heterocycles. The molecule has 1 aromatic carbocycles. The zero-order valence-corrected chi connectivity index (χ0v) is 10.0. The van der Waals surface area contributed by atoms with Crippen LogP contribution in [-0.4, -0.2) is 13.1 Å². The molecule has 0 atom stereocenters. The van der Waals surface area contributed by atoms with E-state index in [9.17, 15) is 0 Å². The average molecular weight is 214 g/mol. The second kappa shape index (κ2) is 4.67. The van der Waals surface area contributed by atoms with Crippen molar-refractivity contribution in [3.8, 4) is 6.07 Å². The second-order valence-corrected chi connectivity index (χ2v) is 4.65. The van der Waals surface area contributed by atoms with E-state index in [0.29, 0.717) is 5.92 Å². The number of piperidine rings is 1. The molecule has 1 aromatic rings. The molecule has 1 aliphatic rings. The summed E-state index contributed by atoms with van der Waals surface area (Å²) in [6, 6.07) is 6.64. The van der Waals surface area contributed by atoms with Gasteiger partial charge >= 0.3 is 0 Å². The molecule has 0 radical (unpaired) electrons. The zero-order valence-electron chi connectivity index (χ0n) is 10.0. The lowest BCUT2D eigenvalue weighted by Gasteiger charge is -2.24. The maximum Gasteiger partial charge on any atom is 0.0994 e. The highest BCUT2D eigenvalue weighted by Crippen LogP contribution is 2.28. The molecule has 0 bridgehead atoms. The molecular weight excluding hydrogens is 196 g/mol. The predicted molar refractivity (Wildman–Crippen MR) is 65.5 cm³/mol. The molecule has 0 spiro atoms. The standard InChI is InChI=1S/C14H18N2/c1-10-7-13(8-14(9-15)11(10)2)12-3-5-16-6-4-12/h7-8,12,16H,3-6H2,1-2H3. The Hall–Kier alpha value is -1.33. The van der Waals surface area contributed by atoms with Gasteiger partial charge in [0.05, 0.1) is 11.6 Å². The molecule has 16 heavy (non-hydrogen) atoms. The van der Waals surface area contributed by atoms with Gasteiger partial charge in [-0.2, -0.15) is 5.26 Å². The van der Waals surface area contributed by atoms with Crippen LogP contribution in [0.3, 0.4) is 0 Å². The first-order valence-electron chi connectivity index (χ1n) is 5.94. The maximum atomic E-state index is 9.10. The molecule has 2 nitrogen and oxygen atoms in total. The predicted octanol–water partition coefficient (Wildman–Crippen LogP) is 2.64. The van der Waals surface area contributed by atoms with Crippen LogP contribution in [0.15, 0.2) is 12.1 Å². The van der Waals surface area contributed by atoms with E-state index in [1.165, 1.54) is 24.0 Å². The molecule has 1 fully saturated rings. The molecule has 0 unspecified atom stereocenters. The Morgan fingerprint density at radius 1 is 1.25 bits per heavy atom. The van der Waals surface area contributed by atoms with E-state index in [1.54, 1.807) is 0 Å². The molecule has 1 saturated heterocycles. The van der Waals surface area contributed by atoms with Crippen molar-refractivity contribution < 1.29 is 0 Å². The van der Waals surface area contributed by atoms with E-state index in [-0.39, 0.29) is 0 Å². The van der Waals surface area contributed by atoms with E-state index < -0.39 is 0 Å². The van der Waals surface area contributed by atoms with E-state index in [2.05, 4.69) is 30.4 Å². The molecule has 1 N–H and O–H groups in total. The average Bonchev–Trinajstić information content (AvgIpc) is 2.33. The molecule has 2 heteroatoms. The summed E-state index contributed by atoms with van der Waals surface area (Å²) in [5.41, 5.74) is 4.56. The number of nitrogens with zero attached hydrogens (tertiary/aromatic N) is 1. The Balaban J connectivity index is 2.34. The van der Waals surface area contributed by atoms with E-state index in [1.807, 2.05) is 6.92 Å². The number of hydrogen-bond donors (Lipinski definition) is 1. The fraction of sp³-hybridized carbons (Fsp3) is 0.500. The largest absolute Gasteiger partial charge is 0.317 e. The Kier molecular flexibility index (Phi) is 3.26. The van der Waals surface area contributed by atoms with Gasteiger partial charge < -0.3 is 5.32 Å². The fourth-order valence-electron chi connectivity index (χ4n) is 2.39. The number of benzene rings is 1.